The summed E-state index contributed by atoms with van der Waals surface area (Å²) in [5.74, 6) is -1.21. The van der Waals surface area contributed by atoms with E-state index in [-0.39, 0.29) is 0 Å². The fraction of sp³-hybridized carbons (Fsp3) is 0.500. The van der Waals surface area contributed by atoms with Gasteiger partial charge in [0.25, 0.3) is 0 Å². The minimum atomic E-state index is -0.613. The molecule has 4 N–H and O–H groups in total. The van der Waals surface area contributed by atoms with Crippen molar-refractivity contribution in [2.45, 2.75) is 26.9 Å². The number of benzene rings is 1. The molecule has 1 aromatic carbocycles. The summed E-state index contributed by atoms with van der Waals surface area (Å²) in [6.07, 6.45) is 0. The van der Waals surface area contributed by atoms with E-state index in [0.29, 0.717) is 19.6 Å². The molecule has 0 aliphatic carbocycles. The van der Waals surface area contributed by atoms with Crippen molar-refractivity contribution in [3.05, 3.63) is 35.4 Å². The van der Waals surface area contributed by atoms with E-state index in [4.69, 9.17) is 5.73 Å². The van der Waals surface area contributed by atoms with E-state index in [1.54, 1.807) is 0 Å². The summed E-state index contributed by atoms with van der Waals surface area (Å²) in [5, 5.41) is 5.24. The molecule has 0 heterocycles. The van der Waals surface area contributed by atoms with Gasteiger partial charge in [0.1, 0.15) is 0 Å². The highest BCUT2D eigenvalue weighted by atomic mass is 16.2. The second kappa shape index (κ2) is 9.92. The number of likely N-dealkylation sites (N-methyl/N-ethyl adjacent to an activating group) is 1. The van der Waals surface area contributed by atoms with Crippen LogP contribution < -0.4 is 16.4 Å². The van der Waals surface area contributed by atoms with Gasteiger partial charge in [0, 0.05) is 26.2 Å². The average molecular weight is 306 g/mol. The van der Waals surface area contributed by atoms with E-state index in [1.807, 2.05) is 24.3 Å². The lowest BCUT2D eigenvalue weighted by Crippen LogP contribution is -2.42. The minimum Gasteiger partial charge on any atom is -0.347 e. The molecule has 0 atom stereocenters. The van der Waals surface area contributed by atoms with E-state index < -0.39 is 11.8 Å². The molecule has 22 heavy (non-hydrogen) atoms. The number of rotatable bonds is 8. The molecule has 2 amide bonds. The Balaban J connectivity index is 2.33. The van der Waals surface area contributed by atoms with Crippen LogP contribution in [0.4, 0.5) is 0 Å². The third-order valence-corrected chi connectivity index (χ3v) is 3.49. The van der Waals surface area contributed by atoms with Crippen molar-refractivity contribution in [2.24, 2.45) is 5.73 Å². The molecular weight excluding hydrogens is 280 g/mol. The largest absolute Gasteiger partial charge is 0.347 e. The van der Waals surface area contributed by atoms with Gasteiger partial charge in [0.15, 0.2) is 0 Å². The van der Waals surface area contributed by atoms with Crippen molar-refractivity contribution in [3.63, 3.8) is 0 Å². The molecule has 6 heteroatoms. The van der Waals surface area contributed by atoms with Gasteiger partial charge in [-0.1, -0.05) is 38.1 Å². The topological polar surface area (TPSA) is 87.5 Å². The Morgan fingerprint density at radius 2 is 1.73 bits per heavy atom. The van der Waals surface area contributed by atoms with Gasteiger partial charge in [0.05, 0.1) is 0 Å². The van der Waals surface area contributed by atoms with Crippen molar-refractivity contribution in [1.29, 1.82) is 0 Å². The van der Waals surface area contributed by atoms with Crippen LogP contribution >= 0.6 is 0 Å². The first-order chi connectivity index (χ1) is 10.6. The number of carbonyl (C=O) groups excluding carboxylic acids is 2. The molecule has 0 saturated heterocycles. The number of amides is 2. The van der Waals surface area contributed by atoms with Gasteiger partial charge in [-0.15, -0.1) is 0 Å². The van der Waals surface area contributed by atoms with Gasteiger partial charge in [-0.05, 0) is 24.2 Å². The second-order valence-corrected chi connectivity index (χ2v) is 4.99. The van der Waals surface area contributed by atoms with Gasteiger partial charge in [0.2, 0.25) is 0 Å². The summed E-state index contributed by atoms with van der Waals surface area (Å²) >= 11 is 0. The van der Waals surface area contributed by atoms with Crippen LogP contribution in [-0.2, 0) is 22.7 Å². The maximum atomic E-state index is 11.7. The van der Waals surface area contributed by atoms with Gasteiger partial charge in [-0.2, -0.15) is 0 Å². The van der Waals surface area contributed by atoms with Crippen LogP contribution in [-0.4, -0.2) is 42.9 Å². The van der Waals surface area contributed by atoms with Gasteiger partial charge in [-0.25, -0.2) is 0 Å². The normalized spacial score (nSPS) is 10.5. The molecule has 0 aromatic heterocycles. The van der Waals surface area contributed by atoms with Crippen molar-refractivity contribution >= 4 is 11.8 Å². The third kappa shape index (κ3) is 6.24. The lowest BCUT2D eigenvalue weighted by Gasteiger charge is -2.17. The second-order valence-electron chi connectivity index (χ2n) is 4.99. The van der Waals surface area contributed by atoms with E-state index in [2.05, 4.69) is 29.4 Å². The SMILES string of the molecule is CCN(CC)CCNC(=O)C(=O)NCc1cccc(CN)c1. The smallest absolute Gasteiger partial charge is 0.309 e. The Labute approximate surface area is 132 Å². The molecular formula is C16H26N4O2. The molecule has 1 rings (SSSR count). The molecule has 0 aliphatic rings. The number of nitrogens with one attached hydrogen (secondary N) is 2. The number of hydrogen-bond acceptors (Lipinski definition) is 4. The summed E-state index contributed by atoms with van der Waals surface area (Å²) < 4.78 is 0. The zero-order valence-corrected chi connectivity index (χ0v) is 13.4. The molecule has 0 aliphatic heterocycles. The Hall–Kier alpha value is -1.92. The lowest BCUT2D eigenvalue weighted by molar-refractivity contribution is -0.139. The molecule has 0 spiro atoms. The summed E-state index contributed by atoms with van der Waals surface area (Å²) in [4.78, 5) is 25.6. The summed E-state index contributed by atoms with van der Waals surface area (Å²) in [7, 11) is 0. The van der Waals surface area contributed by atoms with Crippen molar-refractivity contribution < 1.29 is 9.59 Å². The maximum Gasteiger partial charge on any atom is 0.309 e. The Morgan fingerprint density at radius 3 is 2.36 bits per heavy atom. The highest BCUT2D eigenvalue weighted by Crippen LogP contribution is 2.03. The summed E-state index contributed by atoms with van der Waals surface area (Å²) in [5.41, 5.74) is 7.49. The lowest BCUT2D eigenvalue weighted by atomic mass is 10.1. The first-order valence-corrected chi connectivity index (χ1v) is 7.66. The fourth-order valence-corrected chi connectivity index (χ4v) is 2.08. The molecule has 122 valence electrons. The van der Waals surface area contributed by atoms with Crippen molar-refractivity contribution in [2.75, 3.05) is 26.2 Å². The Bertz CT molecular complexity index is 487. The van der Waals surface area contributed by atoms with Crippen molar-refractivity contribution in [1.82, 2.24) is 15.5 Å². The molecule has 0 saturated carbocycles. The van der Waals surface area contributed by atoms with Crippen LogP contribution in [0.15, 0.2) is 24.3 Å². The first kappa shape index (κ1) is 18.1. The van der Waals surface area contributed by atoms with Crippen LogP contribution in [0.2, 0.25) is 0 Å². The first-order valence-electron chi connectivity index (χ1n) is 7.66. The van der Waals surface area contributed by atoms with Gasteiger partial charge < -0.3 is 21.3 Å². The van der Waals surface area contributed by atoms with E-state index in [9.17, 15) is 9.59 Å². The molecule has 6 nitrogen and oxygen atoms in total. The van der Waals surface area contributed by atoms with Crippen LogP contribution in [0.25, 0.3) is 0 Å². The number of nitrogens with zero attached hydrogens (tertiary/aromatic N) is 1. The zero-order chi connectivity index (χ0) is 16.4. The summed E-state index contributed by atoms with van der Waals surface area (Å²) in [6, 6.07) is 7.61. The van der Waals surface area contributed by atoms with Gasteiger partial charge in [-0.3, -0.25) is 9.59 Å². The quantitative estimate of drug-likeness (QED) is 0.600. The maximum absolute atomic E-state index is 11.7. The number of hydrogen-bond donors (Lipinski definition) is 3. The van der Waals surface area contributed by atoms with Crippen LogP contribution in [0, 0.1) is 0 Å². The minimum absolute atomic E-state index is 0.316. The molecule has 0 radical (unpaired) electrons. The van der Waals surface area contributed by atoms with Crippen LogP contribution in [0.1, 0.15) is 25.0 Å². The van der Waals surface area contributed by atoms with E-state index in [0.717, 1.165) is 30.8 Å². The van der Waals surface area contributed by atoms with E-state index in [1.165, 1.54) is 0 Å². The Kier molecular flexibility index (Phi) is 8.17. The number of carbonyl (C=O) groups is 2. The van der Waals surface area contributed by atoms with Crippen molar-refractivity contribution in [3.8, 4) is 0 Å². The molecule has 0 fully saturated rings. The monoisotopic (exact) mass is 306 g/mol. The predicted octanol–water partition coefficient (Wildman–Crippen LogP) is 0.220. The number of nitrogens with two attached hydrogens (primary N) is 1. The standard InChI is InChI=1S/C16H26N4O2/c1-3-20(4-2)9-8-18-15(21)16(22)19-12-14-7-5-6-13(10-14)11-17/h5-7,10H,3-4,8-9,11-12,17H2,1-2H3,(H,18,21)(H,19,22). The predicted molar refractivity (Wildman–Crippen MR) is 87.0 cm³/mol. The van der Waals surface area contributed by atoms with Crippen LogP contribution in [0.5, 0.6) is 0 Å². The Morgan fingerprint density at radius 1 is 1.09 bits per heavy atom. The highest BCUT2D eigenvalue weighted by molar-refractivity contribution is 6.35. The fourth-order valence-electron chi connectivity index (χ4n) is 2.08. The van der Waals surface area contributed by atoms with Gasteiger partial charge >= 0.3 is 11.8 Å². The highest BCUT2D eigenvalue weighted by Gasteiger charge is 2.12. The molecule has 1 aromatic rings. The third-order valence-electron chi connectivity index (χ3n) is 3.49. The van der Waals surface area contributed by atoms with Crippen LogP contribution in [0.3, 0.4) is 0 Å². The average Bonchev–Trinajstić information content (AvgIpc) is 2.56. The molecule has 0 bridgehead atoms. The molecule has 0 unspecified atom stereocenters. The zero-order valence-electron chi connectivity index (χ0n) is 13.4. The van der Waals surface area contributed by atoms with E-state index >= 15 is 0 Å². The summed E-state index contributed by atoms with van der Waals surface area (Å²) in [6.45, 7) is 7.96.